The number of carbonyl (C=O) groups is 3. The molecule has 194 valence electrons. The molecule has 1 amide bonds. The smallest absolute Gasteiger partial charge is 0.234 e. The van der Waals surface area contributed by atoms with Crippen molar-refractivity contribution in [2.45, 2.75) is 33.1 Å². The van der Waals surface area contributed by atoms with Gasteiger partial charge in [0.2, 0.25) is 16.6 Å². The Morgan fingerprint density at radius 2 is 2.00 bits per heavy atom. The van der Waals surface area contributed by atoms with Gasteiger partial charge in [-0.2, -0.15) is 0 Å². The van der Waals surface area contributed by atoms with Crippen LogP contribution in [0.2, 0.25) is 0 Å². The maximum Gasteiger partial charge on any atom is 0.234 e. The van der Waals surface area contributed by atoms with Gasteiger partial charge in [0.05, 0.1) is 29.5 Å². The van der Waals surface area contributed by atoms with Crippen molar-refractivity contribution in [2.24, 2.45) is 11.7 Å². The normalized spacial score (nSPS) is 17.8. The molecule has 1 saturated heterocycles. The maximum atomic E-state index is 13.3. The lowest BCUT2D eigenvalue weighted by atomic mass is 9.97. The Balaban J connectivity index is 1.81. The van der Waals surface area contributed by atoms with Crippen LogP contribution in [0.1, 0.15) is 43.5 Å². The van der Waals surface area contributed by atoms with Crippen LogP contribution in [0.3, 0.4) is 0 Å². The molecule has 1 heterocycles. The summed E-state index contributed by atoms with van der Waals surface area (Å²) in [5, 5.41) is 7.86. The fourth-order valence-corrected chi connectivity index (χ4v) is 5.83. The van der Waals surface area contributed by atoms with Crippen LogP contribution in [0.25, 0.3) is 10.8 Å². The lowest BCUT2D eigenvalue weighted by molar-refractivity contribution is -0.120. The Bertz CT molecular complexity index is 1150. The van der Waals surface area contributed by atoms with E-state index in [1.165, 1.54) is 6.92 Å². The first-order valence-electron chi connectivity index (χ1n) is 12.0. The lowest BCUT2D eigenvalue weighted by Crippen LogP contribution is -2.45. The van der Waals surface area contributed by atoms with Crippen LogP contribution in [-0.4, -0.2) is 60.2 Å². The number of fused-ring (bicyclic) bond motifs is 1. The number of methoxy groups -OCH3 is 1. The van der Waals surface area contributed by atoms with Gasteiger partial charge in [0, 0.05) is 61.4 Å². The Hall–Kier alpha value is -2.92. The topological polar surface area (TPSA) is 137 Å². The number of hydrogen-bond donors (Lipinski definition) is 3. The van der Waals surface area contributed by atoms with Crippen molar-refractivity contribution < 1.29 is 23.7 Å². The van der Waals surface area contributed by atoms with Gasteiger partial charge in [-0.05, 0) is 38.3 Å². The SMILES string of the molecule is COCCCNc1ccc(NC(=O)C2CCCN([S+]([O-])C(C(C)=O)=C(C)N)C2)c2cccc(C=O)c12. The number of rotatable bonds is 11. The second-order valence-corrected chi connectivity index (χ2v) is 10.3. The summed E-state index contributed by atoms with van der Waals surface area (Å²) in [6.45, 7) is 4.95. The van der Waals surface area contributed by atoms with E-state index in [0.717, 1.165) is 29.2 Å². The summed E-state index contributed by atoms with van der Waals surface area (Å²) >= 11 is -1.72. The van der Waals surface area contributed by atoms with E-state index in [0.29, 0.717) is 43.8 Å². The van der Waals surface area contributed by atoms with Crippen molar-refractivity contribution in [1.82, 2.24) is 4.31 Å². The molecule has 0 spiro atoms. The quantitative estimate of drug-likeness (QED) is 0.180. The van der Waals surface area contributed by atoms with E-state index < -0.39 is 17.3 Å². The van der Waals surface area contributed by atoms with Crippen LogP contribution in [0.15, 0.2) is 40.9 Å². The number of piperidine rings is 1. The molecule has 3 rings (SSSR count). The molecule has 1 aliphatic heterocycles. The highest BCUT2D eigenvalue weighted by Gasteiger charge is 2.36. The largest absolute Gasteiger partial charge is 0.593 e. The minimum Gasteiger partial charge on any atom is -0.593 e. The number of amides is 1. The number of ketones is 1. The number of allylic oxidation sites excluding steroid dienone is 2. The van der Waals surface area contributed by atoms with Gasteiger partial charge < -0.3 is 25.7 Å². The van der Waals surface area contributed by atoms with Crippen molar-refractivity contribution in [3.05, 3.63) is 46.5 Å². The first-order chi connectivity index (χ1) is 17.3. The van der Waals surface area contributed by atoms with Gasteiger partial charge in [-0.1, -0.05) is 18.2 Å². The number of nitrogens with one attached hydrogen (secondary N) is 2. The molecule has 2 unspecified atom stereocenters. The molecule has 1 fully saturated rings. The number of anilines is 2. The predicted molar refractivity (Wildman–Crippen MR) is 143 cm³/mol. The Morgan fingerprint density at radius 3 is 2.67 bits per heavy atom. The number of aldehydes is 1. The number of nitrogens with two attached hydrogens (primary N) is 1. The van der Waals surface area contributed by atoms with E-state index in [2.05, 4.69) is 10.6 Å². The molecule has 2 aromatic carbocycles. The number of Topliss-reactive ketones (excluding diaryl/α,β-unsaturated/α-hetero) is 1. The molecule has 4 N–H and O–H groups in total. The first kappa shape index (κ1) is 27.7. The molecule has 0 radical (unpaired) electrons. The van der Waals surface area contributed by atoms with Crippen molar-refractivity contribution >= 4 is 51.5 Å². The number of ether oxygens (including phenoxy) is 1. The first-order valence-corrected chi connectivity index (χ1v) is 13.1. The zero-order chi connectivity index (χ0) is 26.2. The molecule has 36 heavy (non-hydrogen) atoms. The van der Waals surface area contributed by atoms with Crippen LogP contribution >= 0.6 is 0 Å². The summed E-state index contributed by atoms with van der Waals surface area (Å²) in [7, 11) is 1.65. The molecule has 0 aliphatic carbocycles. The van der Waals surface area contributed by atoms with Crippen LogP contribution in [0.4, 0.5) is 11.4 Å². The highest BCUT2D eigenvalue weighted by atomic mass is 32.2. The molecular weight excluding hydrogens is 480 g/mol. The number of benzene rings is 2. The summed E-state index contributed by atoms with van der Waals surface area (Å²) in [5.74, 6) is -0.952. The third-order valence-corrected chi connectivity index (χ3v) is 7.90. The summed E-state index contributed by atoms with van der Waals surface area (Å²) in [4.78, 5) is 37.1. The van der Waals surface area contributed by atoms with Crippen molar-refractivity contribution in [3.8, 4) is 0 Å². The van der Waals surface area contributed by atoms with E-state index in [-0.39, 0.29) is 28.8 Å². The molecular formula is C26H34N4O5S. The predicted octanol–water partition coefficient (Wildman–Crippen LogP) is 3.19. The Kier molecular flexibility index (Phi) is 9.89. The summed E-state index contributed by atoms with van der Waals surface area (Å²) in [6.07, 6.45) is 2.92. The number of carbonyl (C=O) groups excluding carboxylic acids is 3. The van der Waals surface area contributed by atoms with Crippen molar-refractivity contribution in [2.75, 3.05) is 44.0 Å². The zero-order valence-corrected chi connectivity index (χ0v) is 21.8. The molecule has 1 aliphatic rings. The average molecular weight is 515 g/mol. The highest BCUT2D eigenvalue weighted by Crippen LogP contribution is 2.33. The van der Waals surface area contributed by atoms with Gasteiger partial charge in [0.15, 0.2) is 6.29 Å². The molecule has 0 saturated carbocycles. The van der Waals surface area contributed by atoms with Gasteiger partial charge in [0.25, 0.3) is 0 Å². The van der Waals surface area contributed by atoms with Gasteiger partial charge in [-0.15, -0.1) is 4.31 Å². The van der Waals surface area contributed by atoms with Crippen molar-refractivity contribution in [1.29, 1.82) is 0 Å². The second kappa shape index (κ2) is 12.9. The number of nitrogens with zero attached hydrogens (tertiary/aromatic N) is 1. The van der Waals surface area contributed by atoms with Gasteiger partial charge in [0.1, 0.15) is 0 Å². The fraction of sp³-hybridized carbons (Fsp3) is 0.423. The summed E-state index contributed by atoms with van der Waals surface area (Å²) < 4.78 is 19.8. The summed E-state index contributed by atoms with van der Waals surface area (Å²) in [5.41, 5.74) is 7.95. The summed E-state index contributed by atoms with van der Waals surface area (Å²) in [6, 6.07) is 9.07. The van der Waals surface area contributed by atoms with Crippen LogP contribution in [-0.2, 0) is 25.7 Å². The minimum absolute atomic E-state index is 0.0806. The van der Waals surface area contributed by atoms with E-state index in [4.69, 9.17) is 10.5 Å². The Labute approximate surface area is 214 Å². The zero-order valence-electron chi connectivity index (χ0n) is 21.0. The molecule has 0 aromatic heterocycles. The van der Waals surface area contributed by atoms with E-state index >= 15 is 0 Å². The Morgan fingerprint density at radius 1 is 1.25 bits per heavy atom. The fourth-order valence-electron chi connectivity index (χ4n) is 4.44. The van der Waals surface area contributed by atoms with E-state index in [1.54, 1.807) is 30.5 Å². The molecule has 10 heteroatoms. The average Bonchev–Trinajstić information content (AvgIpc) is 2.86. The highest BCUT2D eigenvalue weighted by molar-refractivity contribution is 7.94. The van der Waals surface area contributed by atoms with Crippen molar-refractivity contribution in [3.63, 3.8) is 0 Å². The minimum atomic E-state index is -1.72. The van der Waals surface area contributed by atoms with Gasteiger partial charge >= 0.3 is 0 Å². The number of hydrogen-bond acceptors (Lipinski definition) is 8. The second-order valence-electron chi connectivity index (χ2n) is 8.86. The molecule has 9 nitrogen and oxygen atoms in total. The van der Waals surface area contributed by atoms with E-state index in [1.807, 2.05) is 18.2 Å². The van der Waals surface area contributed by atoms with Gasteiger partial charge in [-0.3, -0.25) is 14.4 Å². The molecule has 2 atom stereocenters. The standard InChI is InChI=1S/C26H34N4O5S/c1-17(27)25(18(2)32)36(34)30-13-5-8-19(15-30)26(33)29-22-10-11-23(28-12-6-14-35-3)24-20(16-31)7-4-9-21(22)24/h4,7,9-11,16,19,28H,5-6,8,12-15,27H2,1-3H3,(H,29,33). The monoisotopic (exact) mass is 514 g/mol. The van der Waals surface area contributed by atoms with Crippen LogP contribution in [0.5, 0.6) is 0 Å². The molecule has 0 bridgehead atoms. The maximum absolute atomic E-state index is 13.3. The third-order valence-electron chi connectivity index (χ3n) is 6.14. The van der Waals surface area contributed by atoms with Crippen LogP contribution in [0, 0.1) is 5.92 Å². The lowest BCUT2D eigenvalue weighted by Gasteiger charge is -2.32. The molecule has 2 aromatic rings. The van der Waals surface area contributed by atoms with Gasteiger partial charge in [-0.25, -0.2) is 0 Å². The van der Waals surface area contributed by atoms with E-state index in [9.17, 15) is 18.9 Å². The van der Waals surface area contributed by atoms with Crippen LogP contribution < -0.4 is 16.4 Å². The third kappa shape index (κ3) is 6.44.